The Morgan fingerprint density at radius 1 is 1.05 bits per heavy atom. The second kappa shape index (κ2) is 6.38. The van der Waals surface area contributed by atoms with Crippen molar-refractivity contribution in [2.45, 2.75) is 6.92 Å². The molecule has 0 saturated heterocycles. The zero-order valence-corrected chi connectivity index (χ0v) is 11.1. The largest absolute Gasteiger partial charge is 0.459 e. The van der Waals surface area contributed by atoms with E-state index in [9.17, 15) is 14.4 Å². The van der Waals surface area contributed by atoms with Gasteiger partial charge in [-0.05, 0) is 30.3 Å². The van der Waals surface area contributed by atoms with Crippen molar-refractivity contribution in [2.75, 3.05) is 0 Å². The molecule has 0 radical (unpaired) electrons. The molecule has 1 aromatic heterocycles. The van der Waals surface area contributed by atoms with Gasteiger partial charge in [-0.3, -0.25) is 25.2 Å². The zero-order chi connectivity index (χ0) is 15.2. The van der Waals surface area contributed by atoms with Gasteiger partial charge in [-0.1, -0.05) is 6.07 Å². The third kappa shape index (κ3) is 3.93. The molecule has 108 valence electrons. The third-order valence-electron chi connectivity index (χ3n) is 2.39. The molecule has 2 N–H and O–H groups in total. The number of amides is 2. The molecule has 0 atom stereocenters. The van der Waals surface area contributed by atoms with Crippen molar-refractivity contribution in [2.24, 2.45) is 0 Å². The Morgan fingerprint density at radius 2 is 1.81 bits per heavy atom. The molecule has 2 amide bonds. The van der Waals surface area contributed by atoms with Crippen LogP contribution < -0.4 is 15.6 Å². The number of ether oxygens (including phenoxy) is 1. The lowest BCUT2D eigenvalue weighted by Gasteiger charge is -2.07. The summed E-state index contributed by atoms with van der Waals surface area (Å²) in [5.74, 6) is -1.30. The first-order valence-electron chi connectivity index (χ1n) is 5.99. The number of nitrogens with one attached hydrogen (secondary N) is 2. The molecular weight excluding hydrogens is 276 g/mol. The normalized spacial score (nSPS) is 9.76. The van der Waals surface area contributed by atoms with Crippen LogP contribution in [0.15, 0.2) is 47.1 Å². The van der Waals surface area contributed by atoms with Crippen LogP contribution in [0.5, 0.6) is 5.75 Å². The molecule has 0 aliphatic heterocycles. The molecule has 0 aliphatic carbocycles. The number of furan rings is 1. The van der Waals surface area contributed by atoms with Gasteiger partial charge in [-0.15, -0.1) is 0 Å². The van der Waals surface area contributed by atoms with Crippen molar-refractivity contribution in [1.82, 2.24) is 10.9 Å². The van der Waals surface area contributed by atoms with E-state index in [0.29, 0.717) is 0 Å². The van der Waals surface area contributed by atoms with E-state index in [0.717, 1.165) is 0 Å². The molecule has 7 heteroatoms. The average molecular weight is 288 g/mol. The molecule has 0 saturated carbocycles. The van der Waals surface area contributed by atoms with Crippen LogP contribution in [0.3, 0.4) is 0 Å². The zero-order valence-electron chi connectivity index (χ0n) is 11.1. The fraction of sp³-hybridized carbons (Fsp3) is 0.0714. The first-order valence-corrected chi connectivity index (χ1v) is 5.99. The molecule has 0 unspecified atom stereocenters. The van der Waals surface area contributed by atoms with Crippen LogP contribution in [-0.2, 0) is 4.79 Å². The lowest BCUT2D eigenvalue weighted by Crippen LogP contribution is -2.41. The summed E-state index contributed by atoms with van der Waals surface area (Å²) in [5.41, 5.74) is 4.66. The van der Waals surface area contributed by atoms with Crippen molar-refractivity contribution in [1.29, 1.82) is 0 Å². The molecule has 2 rings (SSSR count). The van der Waals surface area contributed by atoms with E-state index in [-0.39, 0.29) is 17.1 Å². The fourth-order valence-corrected chi connectivity index (χ4v) is 1.52. The lowest BCUT2D eigenvalue weighted by atomic mass is 10.2. The van der Waals surface area contributed by atoms with Crippen LogP contribution in [0, 0.1) is 0 Å². The third-order valence-corrected chi connectivity index (χ3v) is 2.39. The first-order chi connectivity index (χ1) is 10.1. The van der Waals surface area contributed by atoms with Crippen LogP contribution in [0.4, 0.5) is 0 Å². The molecule has 1 heterocycles. The van der Waals surface area contributed by atoms with Crippen LogP contribution in [0.25, 0.3) is 0 Å². The Hall–Kier alpha value is -3.09. The first kappa shape index (κ1) is 14.3. The van der Waals surface area contributed by atoms with Gasteiger partial charge in [-0.25, -0.2) is 0 Å². The summed E-state index contributed by atoms with van der Waals surface area (Å²) in [4.78, 5) is 34.3. The van der Waals surface area contributed by atoms with Crippen LogP contribution >= 0.6 is 0 Å². The van der Waals surface area contributed by atoms with E-state index in [1.807, 2.05) is 0 Å². The van der Waals surface area contributed by atoms with Gasteiger partial charge in [0, 0.05) is 12.5 Å². The summed E-state index contributed by atoms with van der Waals surface area (Å²) in [6, 6.07) is 9.01. The van der Waals surface area contributed by atoms with Gasteiger partial charge in [0.2, 0.25) is 0 Å². The van der Waals surface area contributed by atoms with E-state index in [1.54, 1.807) is 18.2 Å². The van der Waals surface area contributed by atoms with Crippen molar-refractivity contribution >= 4 is 17.8 Å². The summed E-state index contributed by atoms with van der Waals surface area (Å²) in [6.45, 7) is 1.26. The molecule has 7 nitrogen and oxygen atoms in total. The minimum Gasteiger partial charge on any atom is -0.459 e. The van der Waals surface area contributed by atoms with Gasteiger partial charge in [0.1, 0.15) is 5.75 Å². The Kier molecular flexibility index (Phi) is 4.35. The van der Waals surface area contributed by atoms with E-state index in [2.05, 4.69) is 10.9 Å². The Morgan fingerprint density at radius 3 is 2.48 bits per heavy atom. The standard InChI is InChI=1S/C14H12N2O5/c1-9(17)21-11-5-2-4-10(8-11)13(18)15-16-14(19)12-6-3-7-20-12/h2-8H,1H3,(H,15,18)(H,16,19). The van der Waals surface area contributed by atoms with Crippen molar-refractivity contribution in [3.63, 3.8) is 0 Å². The fourth-order valence-electron chi connectivity index (χ4n) is 1.52. The summed E-state index contributed by atoms with van der Waals surface area (Å²) >= 11 is 0. The van der Waals surface area contributed by atoms with E-state index in [4.69, 9.17) is 9.15 Å². The van der Waals surface area contributed by atoms with Crippen molar-refractivity contribution in [3.05, 3.63) is 54.0 Å². The van der Waals surface area contributed by atoms with Crippen molar-refractivity contribution < 1.29 is 23.5 Å². The number of hydrogen-bond donors (Lipinski definition) is 2. The molecule has 1 aromatic carbocycles. The lowest BCUT2D eigenvalue weighted by molar-refractivity contribution is -0.131. The Bertz CT molecular complexity index is 664. The maximum absolute atomic E-state index is 11.9. The molecule has 0 spiro atoms. The highest BCUT2D eigenvalue weighted by molar-refractivity contribution is 5.98. The maximum Gasteiger partial charge on any atom is 0.308 e. The number of hydrazine groups is 1. The number of carbonyl (C=O) groups is 3. The molecule has 21 heavy (non-hydrogen) atoms. The SMILES string of the molecule is CC(=O)Oc1cccc(C(=O)NNC(=O)c2ccco2)c1. The quantitative estimate of drug-likeness (QED) is 0.503. The van der Waals surface area contributed by atoms with E-state index < -0.39 is 17.8 Å². The number of esters is 1. The maximum atomic E-state index is 11.9. The van der Waals surface area contributed by atoms with Crippen LogP contribution in [0.1, 0.15) is 27.8 Å². The molecular formula is C14H12N2O5. The highest BCUT2D eigenvalue weighted by Gasteiger charge is 2.11. The molecule has 2 aromatic rings. The van der Waals surface area contributed by atoms with Crippen LogP contribution in [0.2, 0.25) is 0 Å². The highest BCUT2D eigenvalue weighted by atomic mass is 16.5. The van der Waals surface area contributed by atoms with Crippen molar-refractivity contribution in [3.8, 4) is 5.75 Å². The molecule has 0 fully saturated rings. The molecule has 0 aliphatic rings. The number of rotatable bonds is 3. The van der Waals surface area contributed by atoms with Gasteiger partial charge < -0.3 is 9.15 Å². The van der Waals surface area contributed by atoms with Gasteiger partial charge in [-0.2, -0.15) is 0 Å². The summed E-state index contributed by atoms with van der Waals surface area (Å²) in [5, 5.41) is 0. The summed E-state index contributed by atoms with van der Waals surface area (Å²) in [6.07, 6.45) is 1.35. The van der Waals surface area contributed by atoms with Gasteiger partial charge in [0.15, 0.2) is 5.76 Å². The minimum absolute atomic E-state index is 0.0731. The van der Waals surface area contributed by atoms with E-state index >= 15 is 0 Å². The molecule has 0 bridgehead atoms. The minimum atomic E-state index is -0.579. The Labute approximate surface area is 119 Å². The van der Waals surface area contributed by atoms with Gasteiger partial charge in [0.05, 0.1) is 6.26 Å². The summed E-state index contributed by atoms with van der Waals surface area (Å²) < 4.78 is 9.74. The van der Waals surface area contributed by atoms with Crippen LogP contribution in [-0.4, -0.2) is 17.8 Å². The monoisotopic (exact) mass is 288 g/mol. The van der Waals surface area contributed by atoms with E-state index in [1.165, 1.54) is 31.4 Å². The predicted molar refractivity (Wildman–Crippen MR) is 71.4 cm³/mol. The number of hydrogen-bond acceptors (Lipinski definition) is 5. The average Bonchev–Trinajstić information content (AvgIpc) is 2.98. The topological polar surface area (TPSA) is 97.6 Å². The summed E-state index contributed by atoms with van der Waals surface area (Å²) in [7, 11) is 0. The van der Waals surface area contributed by atoms with Gasteiger partial charge >= 0.3 is 11.9 Å². The number of benzene rings is 1. The number of carbonyl (C=O) groups excluding carboxylic acids is 3. The predicted octanol–water partition coefficient (Wildman–Crippen LogP) is 1.28. The highest BCUT2D eigenvalue weighted by Crippen LogP contribution is 2.13. The second-order valence-corrected chi connectivity index (χ2v) is 4.01. The smallest absolute Gasteiger partial charge is 0.308 e. The Balaban J connectivity index is 1.97. The second-order valence-electron chi connectivity index (χ2n) is 4.01. The van der Waals surface area contributed by atoms with Gasteiger partial charge in [0.25, 0.3) is 5.91 Å².